The third-order valence-electron chi connectivity index (χ3n) is 4.64. The Morgan fingerprint density at radius 3 is 2.07 bits per heavy atom. The van der Waals surface area contributed by atoms with Crippen molar-refractivity contribution in [1.29, 1.82) is 0 Å². The fourth-order valence-electron chi connectivity index (χ4n) is 2.03. The maximum Gasteiger partial charge on any atom is 0.250 e. The van der Waals surface area contributed by atoms with Gasteiger partial charge < -0.3 is 9.16 Å². The van der Waals surface area contributed by atoms with E-state index in [4.69, 9.17) is 9.16 Å². The van der Waals surface area contributed by atoms with Gasteiger partial charge in [0, 0.05) is 5.56 Å². The van der Waals surface area contributed by atoms with Gasteiger partial charge in [-0.1, -0.05) is 74.8 Å². The Hall–Kier alpha value is -2.46. The van der Waals surface area contributed by atoms with E-state index >= 15 is 0 Å². The highest BCUT2D eigenvalue weighted by molar-refractivity contribution is 6.74. The van der Waals surface area contributed by atoms with Crippen LogP contribution in [0.15, 0.2) is 54.6 Å². The van der Waals surface area contributed by atoms with Crippen molar-refractivity contribution in [3.8, 4) is 29.4 Å². The summed E-state index contributed by atoms with van der Waals surface area (Å²) in [5, 5.41) is 0.147. The van der Waals surface area contributed by atoms with E-state index in [0.717, 1.165) is 16.9 Å². The minimum atomic E-state index is -1.89. The molecule has 0 unspecified atom stereocenters. The molecule has 0 heterocycles. The molecule has 0 fully saturated rings. The second-order valence-electron chi connectivity index (χ2n) is 7.82. The highest BCUT2D eigenvalue weighted by Gasteiger charge is 2.39. The molecule has 0 aromatic heterocycles. The molecule has 27 heavy (non-hydrogen) atoms. The van der Waals surface area contributed by atoms with Gasteiger partial charge in [-0.2, -0.15) is 0 Å². The molecule has 0 radical (unpaired) electrons. The van der Waals surface area contributed by atoms with Gasteiger partial charge in [0.05, 0.1) is 5.56 Å². The molecule has 0 bridgehead atoms. The number of para-hydroxylation sites is 1. The van der Waals surface area contributed by atoms with Crippen LogP contribution >= 0.6 is 0 Å². The Kier molecular flexibility index (Phi) is 7.31. The second kappa shape index (κ2) is 9.47. The van der Waals surface area contributed by atoms with E-state index < -0.39 is 8.32 Å². The molecule has 0 aliphatic heterocycles. The Labute approximate surface area is 165 Å². The van der Waals surface area contributed by atoms with Gasteiger partial charge in [-0.25, -0.2) is 0 Å². The molecule has 140 valence electrons. The quantitative estimate of drug-likeness (QED) is 0.399. The summed E-state index contributed by atoms with van der Waals surface area (Å²) in [4.78, 5) is 0. The molecule has 0 saturated heterocycles. The lowest BCUT2D eigenvalue weighted by atomic mass is 10.2. The summed E-state index contributed by atoms with van der Waals surface area (Å²) in [6.45, 7) is 11.9. The number of benzene rings is 2. The molecular weight excluding hydrogens is 348 g/mol. The monoisotopic (exact) mass is 376 g/mol. The summed E-state index contributed by atoms with van der Waals surface area (Å²) in [6, 6.07) is 17.8. The van der Waals surface area contributed by atoms with Crippen molar-refractivity contribution in [2.45, 2.75) is 38.9 Å². The van der Waals surface area contributed by atoms with Crippen molar-refractivity contribution in [1.82, 2.24) is 0 Å². The third kappa shape index (κ3) is 6.64. The maximum atomic E-state index is 6.42. The maximum absolute atomic E-state index is 6.42. The standard InChI is InChI=1S/C24H28O2Si/c1-24(2,3)27(4,5)26-23-18-10-9-16-22(23)17-12-20-25-19-11-15-21-13-7-6-8-14-21/h6-10,13-14,16,18H,19-20H2,1-5H3. The van der Waals surface area contributed by atoms with E-state index in [2.05, 4.69) is 57.5 Å². The number of hydrogen-bond donors (Lipinski definition) is 0. The van der Waals surface area contributed by atoms with Crippen LogP contribution in [0.25, 0.3) is 0 Å². The van der Waals surface area contributed by atoms with Crippen LogP contribution in [0.3, 0.4) is 0 Å². The second-order valence-corrected chi connectivity index (χ2v) is 12.5. The minimum absolute atomic E-state index is 0.147. The van der Waals surface area contributed by atoms with E-state index in [-0.39, 0.29) is 5.04 Å². The molecule has 0 aliphatic carbocycles. The first-order valence-corrected chi connectivity index (χ1v) is 12.1. The summed E-state index contributed by atoms with van der Waals surface area (Å²) in [5.74, 6) is 13.2. The molecule has 2 aromatic carbocycles. The largest absolute Gasteiger partial charge is 0.543 e. The SMILES string of the molecule is CC(C)(C)[Si](C)(C)Oc1ccccc1C#CCOCC#Cc1ccccc1. The normalized spacial score (nSPS) is 11.0. The molecule has 2 nitrogen and oxygen atoms in total. The average molecular weight is 377 g/mol. The van der Waals surface area contributed by atoms with Crippen molar-refractivity contribution in [3.63, 3.8) is 0 Å². The predicted octanol–water partition coefficient (Wildman–Crippen LogP) is 5.49. The first kappa shape index (κ1) is 20.8. The Balaban J connectivity index is 1.93. The smallest absolute Gasteiger partial charge is 0.250 e. The summed E-state index contributed by atoms with van der Waals surface area (Å²) < 4.78 is 11.9. The van der Waals surface area contributed by atoms with E-state index in [1.165, 1.54) is 0 Å². The fourth-order valence-corrected chi connectivity index (χ4v) is 3.06. The average Bonchev–Trinajstić information content (AvgIpc) is 2.62. The summed E-state index contributed by atoms with van der Waals surface area (Å²) >= 11 is 0. The van der Waals surface area contributed by atoms with Gasteiger partial charge in [0.2, 0.25) is 0 Å². The zero-order valence-corrected chi connectivity index (χ0v) is 17.9. The van der Waals surface area contributed by atoms with E-state index in [1.807, 2.05) is 54.6 Å². The van der Waals surface area contributed by atoms with Gasteiger partial charge in [0.1, 0.15) is 19.0 Å². The lowest BCUT2D eigenvalue weighted by Crippen LogP contribution is -2.44. The Morgan fingerprint density at radius 1 is 0.815 bits per heavy atom. The first-order valence-electron chi connectivity index (χ1n) is 9.18. The van der Waals surface area contributed by atoms with Gasteiger partial charge in [0.15, 0.2) is 0 Å². The third-order valence-corrected chi connectivity index (χ3v) is 8.98. The van der Waals surface area contributed by atoms with Crippen molar-refractivity contribution >= 4 is 8.32 Å². The lowest BCUT2D eigenvalue weighted by Gasteiger charge is -2.36. The van der Waals surface area contributed by atoms with Crippen LogP contribution < -0.4 is 4.43 Å². The molecule has 0 aliphatic rings. The van der Waals surface area contributed by atoms with Crippen molar-refractivity contribution in [2.75, 3.05) is 13.2 Å². The molecule has 0 atom stereocenters. The van der Waals surface area contributed by atoms with Crippen LogP contribution in [0, 0.1) is 23.7 Å². The van der Waals surface area contributed by atoms with Crippen LogP contribution in [-0.2, 0) is 4.74 Å². The molecular formula is C24H28O2Si. The van der Waals surface area contributed by atoms with Crippen LogP contribution in [-0.4, -0.2) is 21.5 Å². The highest BCUT2D eigenvalue weighted by atomic mass is 28.4. The molecule has 0 N–H and O–H groups in total. The van der Waals surface area contributed by atoms with Crippen LogP contribution in [0.4, 0.5) is 0 Å². The van der Waals surface area contributed by atoms with Crippen molar-refractivity contribution < 1.29 is 9.16 Å². The minimum Gasteiger partial charge on any atom is -0.543 e. The van der Waals surface area contributed by atoms with Gasteiger partial charge in [-0.15, -0.1) is 0 Å². The summed E-state index contributed by atoms with van der Waals surface area (Å²) in [7, 11) is -1.89. The van der Waals surface area contributed by atoms with Crippen LogP contribution in [0.1, 0.15) is 31.9 Å². The van der Waals surface area contributed by atoms with Gasteiger partial charge in [-0.05, 0) is 42.4 Å². The number of rotatable bonds is 4. The molecule has 2 aromatic rings. The Morgan fingerprint density at radius 2 is 1.41 bits per heavy atom. The van der Waals surface area contributed by atoms with E-state index in [0.29, 0.717) is 13.2 Å². The number of ether oxygens (including phenoxy) is 1. The number of hydrogen-bond acceptors (Lipinski definition) is 2. The van der Waals surface area contributed by atoms with Gasteiger partial charge in [-0.3, -0.25) is 0 Å². The van der Waals surface area contributed by atoms with E-state index in [9.17, 15) is 0 Å². The van der Waals surface area contributed by atoms with Gasteiger partial charge in [0.25, 0.3) is 8.32 Å². The van der Waals surface area contributed by atoms with Crippen molar-refractivity contribution in [2.24, 2.45) is 0 Å². The lowest BCUT2D eigenvalue weighted by molar-refractivity contribution is 0.204. The highest BCUT2D eigenvalue weighted by Crippen LogP contribution is 2.37. The predicted molar refractivity (Wildman–Crippen MR) is 115 cm³/mol. The Bertz CT molecular complexity index is 856. The zero-order chi connectivity index (χ0) is 19.8. The first-order chi connectivity index (χ1) is 12.8. The topological polar surface area (TPSA) is 18.5 Å². The zero-order valence-electron chi connectivity index (χ0n) is 16.9. The van der Waals surface area contributed by atoms with E-state index in [1.54, 1.807) is 0 Å². The fraction of sp³-hybridized carbons (Fsp3) is 0.333. The van der Waals surface area contributed by atoms with Crippen LogP contribution in [0.2, 0.25) is 18.1 Å². The molecule has 3 heteroatoms. The molecule has 2 rings (SSSR count). The van der Waals surface area contributed by atoms with Crippen LogP contribution in [0.5, 0.6) is 5.75 Å². The summed E-state index contributed by atoms with van der Waals surface area (Å²) in [6.07, 6.45) is 0. The molecule has 0 spiro atoms. The summed E-state index contributed by atoms with van der Waals surface area (Å²) in [5.41, 5.74) is 1.89. The van der Waals surface area contributed by atoms with Gasteiger partial charge >= 0.3 is 0 Å². The van der Waals surface area contributed by atoms with Crippen molar-refractivity contribution in [3.05, 3.63) is 65.7 Å². The molecule has 0 saturated carbocycles. The molecule has 0 amide bonds.